The van der Waals surface area contributed by atoms with Gasteiger partial charge in [0.25, 0.3) is 5.56 Å². The van der Waals surface area contributed by atoms with Crippen LogP contribution in [0.1, 0.15) is 0 Å². The van der Waals surface area contributed by atoms with E-state index in [9.17, 15) is 4.79 Å². The van der Waals surface area contributed by atoms with Crippen LogP contribution in [0.2, 0.25) is 10.3 Å². The summed E-state index contributed by atoms with van der Waals surface area (Å²) >= 11 is 17.3. The van der Waals surface area contributed by atoms with Gasteiger partial charge in [0, 0.05) is 17.4 Å². The third-order valence-corrected chi connectivity index (χ3v) is 2.87. The van der Waals surface area contributed by atoms with Crippen molar-refractivity contribution in [3.05, 3.63) is 38.9 Å². The molecule has 6 heteroatoms. The zero-order valence-corrected chi connectivity index (χ0v) is 10.4. The maximum atomic E-state index is 12.0. The Bertz CT molecular complexity index is 594. The Kier molecular flexibility index (Phi) is 3.38. The van der Waals surface area contributed by atoms with E-state index in [1.807, 2.05) is 0 Å². The number of alkyl halides is 1. The molecule has 0 saturated carbocycles. The fourth-order valence-corrected chi connectivity index (χ4v) is 2.04. The van der Waals surface area contributed by atoms with Gasteiger partial charge in [-0.15, -0.1) is 11.6 Å². The Balaban J connectivity index is 2.80. The summed E-state index contributed by atoms with van der Waals surface area (Å²) in [5.41, 5.74) is 0.309. The molecule has 0 atom stereocenters. The van der Waals surface area contributed by atoms with Gasteiger partial charge < -0.3 is 0 Å². The molecule has 1 heterocycles. The average molecular weight is 278 g/mol. The molecule has 0 unspecified atom stereocenters. The first-order valence-electron chi connectivity index (χ1n) is 4.55. The predicted molar refractivity (Wildman–Crippen MR) is 66.7 cm³/mol. The van der Waals surface area contributed by atoms with E-state index in [4.69, 9.17) is 34.8 Å². The molecule has 0 aliphatic carbocycles. The largest absolute Gasteiger partial charge is 0.282 e. The summed E-state index contributed by atoms with van der Waals surface area (Å²) in [5, 5.41) is 1.08. The van der Waals surface area contributed by atoms with Crippen LogP contribution < -0.4 is 5.56 Å². The Morgan fingerprint density at radius 1 is 1.31 bits per heavy atom. The molecule has 0 bridgehead atoms. The molecule has 0 radical (unpaired) electrons. The minimum absolute atomic E-state index is 0.139. The number of halogens is 3. The zero-order valence-electron chi connectivity index (χ0n) is 8.08. The van der Waals surface area contributed by atoms with Crippen molar-refractivity contribution in [2.24, 2.45) is 0 Å². The summed E-state index contributed by atoms with van der Waals surface area (Å²) in [6, 6.07) is 4.90. The summed E-state index contributed by atoms with van der Waals surface area (Å²) in [6.45, 7) is 0.328. The van der Waals surface area contributed by atoms with Crippen LogP contribution >= 0.6 is 34.8 Å². The first kappa shape index (κ1) is 11.7. The van der Waals surface area contributed by atoms with Gasteiger partial charge >= 0.3 is 0 Å². The molecule has 0 fully saturated rings. The molecule has 84 valence electrons. The van der Waals surface area contributed by atoms with Crippen molar-refractivity contribution in [1.82, 2.24) is 9.55 Å². The number of fused-ring (bicyclic) bond motifs is 1. The van der Waals surface area contributed by atoms with E-state index in [1.165, 1.54) is 4.57 Å². The van der Waals surface area contributed by atoms with Gasteiger partial charge in [0.05, 0.1) is 10.9 Å². The quantitative estimate of drug-likeness (QED) is 0.625. The number of rotatable bonds is 2. The Labute approximate surface area is 107 Å². The van der Waals surface area contributed by atoms with Crippen molar-refractivity contribution >= 4 is 45.7 Å². The maximum absolute atomic E-state index is 12.0. The van der Waals surface area contributed by atoms with E-state index in [1.54, 1.807) is 18.2 Å². The molecule has 0 spiro atoms. The van der Waals surface area contributed by atoms with Crippen molar-refractivity contribution < 1.29 is 0 Å². The molecule has 0 aliphatic rings. The third-order valence-electron chi connectivity index (χ3n) is 2.18. The van der Waals surface area contributed by atoms with Gasteiger partial charge in [-0.05, 0) is 29.8 Å². The average Bonchev–Trinajstić information content (AvgIpc) is 2.26. The molecule has 0 saturated heterocycles. The van der Waals surface area contributed by atoms with E-state index in [2.05, 4.69) is 4.98 Å². The Hall–Kier alpha value is -0.770. The van der Waals surface area contributed by atoms with Gasteiger partial charge in [-0.2, -0.15) is 0 Å². The van der Waals surface area contributed by atoms with Gasteiger partial charge in [-0.3, -0.25) is 9.36 Å². The first-order valence-corrected chi connectivity index (χ1v) is 5.84. The molecule has 0 aliphatic heterocycles. The van der Waals surface area contributed by atoms with E-state index in [0.717, 1.165) is 0 Å². The molecule has 1 aromatic carbocycles. The molecule has 0 N–H and O–H groups in total. The standard InChI is InChI=1S/C10H7Cl3N2O/c11-3-4-15-9(16)7-5-6(12)1-2-8(7)14-10(15)13/h1-2,5H,3-4H2. The van der Waals surface area contributed by atoms with Gasteiger partial charge in [-0.1, -0.05) is 11.6 Å². The van der Waals surface area contributed by atoms with Crippen LogP contribution in [0.25, 0.3) is 10.9 Å². The summed E-state index contributed by atoms with van der Waals surface area (Å²) in [7, 11) is 0. The highest BCUT2D eigenvalue weighted by molar-refractivity contribution is 6.31. The van der Waals surface area contributed by atoms with Crippen molar-refractivity contribution in [3.8, 4) is 0 Å². The van der Waals surface area contributed by atoms with E-state index >= 15 is 0 Å². The predicted octanol–water partition coefficient (Wildman–Crippen LogP) is 2.94. The topological polar surface area (TPSA) is 34.9 Å². The molecular formula is C10H7Cl3N2O. The van der Waals surface area contributed by atoms with Crippen LogP contribution in [0.4, 0.5) is 0 Å². The van der Waals surface area contributed by atoms with E-state index < -0.39 is 0 Å². The molecule has 2 rings (SSSR count). The van der Waals surface area contributed by atoms with Crippen molar-refractivity contribution in [1.29, 1.82) is 0 Å². The fourth-order valence-electron chi connectivity index (χ4n) is 1.44. The molecule has 2 aromatic rings. The van der Waals surface area contributed by atoms with Gasteiger partial charge in [0.2, 0.25) is 5.28 Å². The lowest BCUT2D eigenvalue weighted by molar-refractivity contribution is 0.724. The summed E-state index contributed by atoms with van der Waals surface area (Å²) in [5.74, 6) is 0.299. The van der Waals surface area contributed by atoms with Gasteiger partial charge in [0.15, 0.2) is 0 Å². The van der Waals surface area contributed by atoms with Crippen LogP contribution in [0, 0.1) is 0 Å². The number of hydrogen-bond acceptors (Lipinski definition) is 2. The van der Waals surface area contributed by atoms with Crippen LogP contribution in [0.15, 0.2) is 23.0 Å². The Morgan fingerprint density at radius 2 is 2.06 bits per heavy atom. The SMILES string of the molecule is O=c1c2cc(Cl)ccc2nc(Cl)n1CCCl. The van der Waals surface area contributed by atoms with Crippen molar-refractivity contribution in [2.45, 2.75) is 6.54 Å². The molecular weight excluding hydrogens is 270 g/mol. The highest BCUT2D eigenvalue weighted by atomic mass is 35.5. The summed E-state index contributed by atoms with van der Waals surface area (Å²) in [6.07, 6.45) is 0. The third kappa shape index (κ3) is 2.03. The summed E-state index contributed by atoms with van der Waals surface area (Å²) in [4.78, 5) is 16.1. The second-order valence-corrected chi connectivity index (χ2v) is 4.34. The highest BCUT2D eigenvalue weighted by Gasteiger charge is 2.08. The maximum Gasteiger partial charge on any atom is 0.262 e. The first-order chi connectivity index (χ1) is 7.63. The minimum Gasteiger partial charge on any atom is -0.282 e. The lowest BCUT2D eigenvalue weighted by atomic mass is 10.2. The van der Waals surface area contributed by atoms with Crippen LogP contribution in [-0.2, 0) is 6.54 Å². The van der Waals surface area contributed by atoms with Gasteiger partial charge in [-0.25, -0.2) is 4.98 Å². The Morgan fingerprint density at radius 3 is 2.75 bits per heavy atom. The second kappa shape index (κ2) is 4.62. The smallest absolute Gasteiger partial charge is 0.262 e. The normalized spacial score (nSPS) is 10.9. The van der Waals surface area contributed by atoms with E-state index in [0.29, 0.717) is 28.4 Å². The van der Waals surface area contributed by atoms with Crippen LogP contribution in [0.3, 0.4) is 0 Å². The fraction of sp³-hybridized carbons (Fsp3) is 0.200. The zero-order chi connectivity index (χ0) is 11.7. The number of nitrogens with zero attached hydrogens (tertiary/aromatic N) is 2. The molecule has 0 amide bonds. The lowest BCUT2D eigenvalue weighted by Crippen LogP contribution is -2.22. The van der Waals surface area contributed by atoms with Crippen LogP contribution in [0.5, 0.6) is 0 Å². The number of benzene rings is 1. The van der Waals surface area contributed by atoms with Crippen LogP contribution in [-0.4, -0.2) is 15.4 Å². The second-order valence-electron chi connectivity index (χ2n) is 3.19. The highest BCUT2D eigenvalue weighted by Crippen LogP contribution is 2.16. The summed E-state index contributed by atoms with van der Waals surface area (Å²) < 4.78 is 1.33. The van der Waals surface area contributed by atoms with E-state index in [-0.39, 0.29) is 10.8 Å². The molecule has 16 heavy (non-hydrogen) atoms. The minimum atomic E-state index is -0.224. The monoisotopic (exact) mass is 276 g/mol. The van der Waals surface area contributed by atoms with Crippen molar-refractivity contribution in [2.75, 3.05) is 5.88 Å². The molecule has 1 aromatic heterocycles. The number of aromatic nitrogens is 2. The number of hydrogen-bond donors (Lipinski definition) is 0. The van der Waals surface area contributed by atoms with Crippen molar-refractivity contribution in [3.63, 3.8) is 0 Å². The van der Waals surface area contributed by atoms with Gasteiger partial charge in [0.1, 0.15) is 0 Å². The lowest BCUT2D eigenvalue weighted by Gasteiger charge is -2.07. The molecule has 3 nitrogen and oxygen atoms in total.